The number of nitro benzene ring substituents is 1. The molecular weight excluding hydrogens is 270 g/mol. The smallest absolute Gasteiger partial charge is 0.272 e. The highest BCUT2D eigenvalue weighted by Gasteiger charge is 2.42. The molecule has 3 unspecified atom stereocenters. The van der Waals surface area contributed by atoms with Gasteiger partial charge in [0.1, 0.15) is 18.0 Å². The van der Waals surface area contributed by atoms with Crippen molar-refractivity contribution in [1.82, 2.24) is 0 Å². The maximum atomic E-state index is 10.7. The van der Waals surface area contributed by atoms with Crippen molar-refractivity contribution in [1.29, 1.82) is 0 Å². The summed E-state index contributed by atoms with van der Waals surface area (Å²) in [6.45, 7) is 4.19. The first-order valence-electron chi connectivity index (χ1n) is 6.20. The minimum atomic E-state index is -0.403. The lowest BCUT2D eigenvalue weighted by Crippen LogP contribution is -2.52. The second-order valence-corrected chi connectivity index (χ2v) is 5.09. The van der Waals surface area contributed by atoms with Crippen molar-refractivity contribution in [3.63, 3.8) is 0 Å². The molecule has 0 radical (unpaired) electrons. The van der Waals surface area contributed by atoms with Crippen molar-refractivity contribution >= 4 is 17.3 Å². The topological polar surface area (TPSA) is 61.6 Å². The van der Waals surface area contributed by atoms with Gasteiger partial charge in [-0.3, -0.25) is 10.1 Å². The summed E-state index contributed by atoms with van der Waals surface area (Å²) in [5.74, 6) is 0.612. The van der Waals surface area contributed by atoms with E-state index in [-0.39, 0.29) is 23.3 Å². The van der Waals surface area contributed by atoms with Gasteiger partial charge in [-0.15, -0.1) is 11.6 Å². The molecular formula is C13H16ClNO4. The Kier molecular flexibility index (Phi) is 4.27. The van der Waals surface area contributed by atoms with Crippen LogP contribution in [0.3, 0.4) is 0 Å². The predicted octanol–water partition coefficient (Wildman–Crippen LogP) is 3.07. The van der Waals surface area contributed by atoms with Crippen molar-refractivity contribution in [3.05, 3.63) is 33.9 Å². The van der Waals surface area contributed by atoms with E-state index in [2.05, 4.69) is 0 Å². The number of nitrogens with zero attached hydrogens (tertiary/aromatic N) is 1. The first kappa shape index (κ1) is 14.1. The highest BCUT2D eigenvalue weighted by Crippen LogP contribution is 2.34. The lowest BCUT2D eigenvalue weighted by atomic mass is 9.91. The molecule has 0 heterocycles. The van der Waals surface area contributed by atoms with Crippen molar-refractivity contribution < 1.29 is 14.4 Å². The maximum absolute atomic E-state index is 10.7. The molecule has 6 heteroatoms. The van der Waals surface area contributed by atoms with Crippen LogP contribution in [0, 0.1) is 17.0 Å². The first-order valence-corrected chi connectivity index (χ1v) is 6.64. The van der Waals surface area contributed by atoms with Gasteiger partial charge in [-0.25, -0.2) is 0 Å². The molecule has 1 saturated carbocycles. The van der Waals surface area contributed by atoms with Crippen LogP contribution >= 0.6 is 11.6 Å². The lowest BCUT2D eigenvalue weighted by Gasteiger charge is -2.40. The summed E-state index contributed by atoms with van der Waals surface area (Å²) in [4.78, 5) is 10.3. The lowest BCUT2D eigenvalue weighted by molar-refractivity contribution is -0.385. The zero-order chi connectivity index (χ0) is 14.0. The zero-order valence-electron chi connectivity index (χ0n) is 10.8. The van der Waals surface area contributed by atoms with Crippen molar-refractivity contribution in [2.45, 2.75) is 37.9 Å². The molecule has 0 aromatic heterocycles. The Morgan fingerprint density at radius 3 is 2.79 bits per heavy atom. The van der Waals surface area contributed by atoms with E-state index in [1.165, 1.54) is 6.07 Å². The maximum Gasteiger partial charge on any atom is 0.272 e. The molecule has 1 aromatic rings. The number of rotatable bonds is 5. The van der Waals surface area contributed by atoms with Crippen molar-refractivity contribution in [2.75, 3.05) is 6.61 Å². The van der Waals surface area contributed by atoms with Gasteiger partial charge in [0.15, 0.2) is 0 Å². The van der Waals surface area contributed by atoms with Crippen LogP contribution in [-0.2, 0) is 4.74 Å². The average Bonchev–Trinajstić information content (AvgIpc) is 2.35. The second kappa shape index (κ2) is 5.75. The number of halogens is 1. The monoisotopic (exact) mass is 285 g/mol. The molecule has 0 spiro atoms. The van der Waals surface area contributed by atoms with Crippen LogP contribution in [0.5, 0.6) is 5.75 Å². The molecule has 5 nitrogen and oxygen atoms in total. The molecule has 3 atom stereocenters. The van der Waals surface area contributed by atoms with E-state index in [1.807, 2.05) is 6.92 Å². The zero-order valence-corrected chi connectivity index (χ0v) is 11.6. The van der Waals surface area contributed by atoms with Crippen LogP contribution in [0.15, 0.2) is 18.2 Å². The molecule has 1 fully saturated rings. The van der Waals surface area contributed by atoms with Gasteiger partial charge in [0.25, 0.3) is 5.69 Å². The van der Waals surface area contributed by atoms with Gasteiger partial charge in [-0.05, 0) is 26.0 Å². The fourth-order valence-corrected chi connectivity index (χ4v) is 2.54. The molecule has 0 bridgehead atoms. The van der Waals surface area contributed by atoms with Crippen LogP contribution in [-0.4, -0.2) is 29.1 Å². The van der Waals surface area contributed by atoms with Gasteiger partial charge in [-0.2, -0.15) is 0 Å². The van der Waals surface area contributed by atoms with Crippen LogP contribution in [0.4, 0.5) is 5.69 Å². The molecule has 0 amide bonds. The fraction of sp³-hybridized carbons (Fsp3) is 0.538. The summed E-state index contributed by atoms with van der Waals surface area (Å²) in [6.07, 6.45) is 0.535. The Labute approximate surface area is 116 Å². The summed E-state index contributed by atoms with van der Waals surface area (Å²) < 4.78 is 11.3. The number of nitro groups is 1. The first-order chi connectivity index (χ1) is 9.02. The molecule has 1 aliphatic carbocycles. The number of aryl methyl sites for hydroxylation is 1. The molecule has 19 heavy (non-hydrogen) atoms. The van der Waals surface area contributed by atoms with E-state index in [1.54, 1.807) is 19.1 Å². The van der Waals surface area contributed by atoms with E-state index in [9.17, 15) is 10.1 Å². The standard InChI is InChI=1S/C13H16ClNO4/c1-3-18-13-10(14)7-12(13)19-9-4-5-11(15(16)17)8(2)6-9/h4-6,10,12-13H,3,7H2,1-2H3. The van der Waals surface area contributed by atoms with Gasteiger partial charge in [0.2, 0.25) is 0 Å². The summed E-state index contributed by atoms with van der Waals surface area (Å²) in [5, 5.41) is 10.7. The summed E-state index contributed by atoms with van der Waals surface area (Å²) in [6, 6.07) is 4.73. The molecule has 0 saturated heterocycles. The van der Waals surface area contributed by atoms with E-state index in [0.717, 1.165) is 6.42 Å². The average molecular weight is 286 g/mol. The van der Waals surface area contributed by atoms with Crippen molar-refractivity contribution in [2.24, 2.45) is 0 Å². The third-order valence-electron chi connectivity index (χ3n) is 3.19. The van der Waals surface area contributed by atoms with E-state index in [4.69, 9.17) is 21.1 Å². The van der Waals surface area contributed by atoms with E-state index >= 15 is 0 Å². The summed E-state index contributed by atoms with van der Waals surface area (Å²) >= 11 is 6.06. The second-order valence-electron chi connectivity index (χ2n) is 4.53. The van der Waals surface area contributed by atoms with E-state index in [0.29, 0.717) is 17.9 Å². The third kappa shape index (κ3) is 2.98. The number of alkyl halides is 1. The van der Waals surface area contributed by atoms with E-state index < -0.39 is 4.92 Å². The minimum absolute atomic E-state index is 0.0240. The van der Waals surface area contributed by atoms with Gasteiger partial charge >= 0.3 is 0 Å². The number of hydrogen-bond donors (Lipinski definition) is 0. The van der Waals surface area contributed by atoms with Gasteiger partial charge < -0.3 is 9.47 Å². The number of hydrogen-bond acceptors (Lipinski definition) is 4. The summed E-state index contributed by atoms with van der Waals surface area (Å²) in [7, 11) is 0. The minimum Gasteiger partial charge on any atom is -0.488 e. The Morgan fingerprint density at radius 1 is 1.53 bits per heavy atom. The summed E-state index contributed by atoms with van der Waals surface area (Å²) in [5.41, 5.74) is 0.676. The number of ether oxygens (including phenoxy) is 2. The highest BCUT2D eigenvalue weighted by atomic mass is 35.5. The molecule has 0 N–H and O–H groups in total. The van der Waals surface area contributed by atoms with Gasteiger partial charge in [0, 0.05) is 24.7 Å². The predicted molar refractivity (Wildman–Crippen MR) is 71.9 cm³/mol. The van der Waals surface area contributed by atoms with Crippen molar-refractivity contribution in [3.8, 4) is 5.75 Å². The highest BCUT2D eigenvalue weighted by molar-refractivity contribution is 6.21. The van der Waals surface area contributed by atoms with Crippen LogP contribution < -0.4 is 4.74 Å². The molecule has 0 aliphatic heterocycles. The molecule has 1 aliphatic rings. The largest absolute Gasteiger partial charge is 0.488 e. The quantitative estimate of drug-likeness (QED) is 0.474. The normalized spacial score (nSPS) is 25.7. The Balaban J connectivity index is 2.04. The van der Waals surface area contributed by atoms with Gasteiger partial charge in [-0.1, -0.05) is 0 Å². The molecule has 104 valence electrons. The molecule has 1 aromatic carbocycles. The third-order valence-corrected chi connectivity index (χ3v) is 3.62. The Bertz CT molecular complexity index is 480. The SMILES string of the molecule is CCOC1C(Cl)CC1Oc1ccc([N+](=O)[O-])c(C)c1. The van der Waals surface area contributed by atoms with Crippen LogP contribution in [0.2, 0.25) is 0 Å². The molecule has 2 rings (SSSR count). The van der Waals surface area contributed by atoms with Crippen LogP contribution in [0.1, 0.15) is 18.9 Å². The van der Waals surface area contributed by atoms with Gasteiger partial charge in [0.05, 0.1) is 10.3 Å². The number of benzene rings is 1. The Morgan fingerprint density at radius 2 is 2.26 bits per heavy atom. The van der Waals surface area contributed by atoms with Crippen LogP contribution in [0.25, 0.3) is 0 Å². The Hall–Kier alpha value is -1.33. The fourth-order valence-electron chi connectivity index (χ4n) is 2.13.